The maximum absolute atomic E-state index is 13.5. The Labute approximate surface area is 191 Å². The average molecular weight is 452 g/mol. The second-order valence-corrected chi connectivity index (χ2v) is 8.91. The molecular formula is C24H22ClN3O2S. The number of thiocarbonyl (C=S) groups is 1. The summed E-state index contributed by atoms with van der Waals surface area (Å²) in [6.07, 6.45) is 5.97. The number of amides is 1. The molecule has 3 aromatic rings. The molecule has 1 aromatic heterocycles. The van der Waals surface area contributed by atoms with Crippen molar-refractivity contribution >= 4 is 51.3 Å². The van der Waals surface area contributed by atoms with Crippen molar-refractivity contribution in [1.29, 1.82) is 0 Å². The van der Waals surface area contributed by atoms with Crippen LogP contribution in [0.1, 0.15) is 30.7 Å². The van der Waals surface area contributed by atoms with Crippen LogP contribution in [0, 0.1) is 5.92 Å². The van der Waals surface area contributed by atoms with Gasteiger partial charge in [0.25, 0.3) is 0 Å². The molecule has 2 heterocycles. The van der Waals surface area contributed by atoms with E-state index in [9.17, 15) is 4.79 Å². The molecule has 2 aliphatic rings. The topological polar surface area (TPSA) is 54.5 Å². The van der Waals surface area contributed by atoms with Crippen molar-refractivity contribution in [2.24, 2.45) is 5.92 Å². The predicted octanol–water partition coefficient (Wildman–Crippen LogP) is 5.07. The molecule has 0 bridgehead atoms. The molecule has 1 N–H and O–H groups in total. The van der Waals surface area contributed by atoms with Gasteiger partial charge in [-0.25, -0.2) is 0 Å². The number of halogens is 1. The van der Waals surface area contributed by atoms with Gasteiger partial charge in [-0.1, -0.05) is 35.9 Å². The lowest BCUT2D eigenvalue weighted by Crippen LogP contribution is -2.61. The van der Waals surface area contributed by atoms with Crippen molar-refractivity contribution in [1.82, 2.24) is 10.3 Å². The van der Waals surface area contributed by atoms with Crippen LogP contribution in [0.5, 0.6) is 5.75 Å². The van der Waals surface area contributed by atoms with Crippen molar-refractivity contribution < 1.29 is 9.53 Å². The van der Waals surface area contributed by atoms with Crippen LogP contribution in [0.2, 0.25) is 5.02 Å². The standard InChI is InChI=1S/C24H22ClN3O2S/c1-30-16-7-9-20(25)19(11-16)14-6-8-18-21(10-14)27-24(31)28(23(18)29)22-13-26-12-15-4-2-3-5-17(15)22/h2-5,7,9,11-14,18,21H,6,8,10H2,1H3,(H,27,31). The third kappa shape index (κ3) is 3.54. The Hall–Kier alpha value is -2.70. The third-order valence-corrected chi connectivity index (χ3v) is 7.08. The number of anilines is 1. The van der Waals surface area contributed by atoms with Crippen molar-refractivity contribution in [3.8, 4) is 5.75 Å². The summed E-state index contributed by atoms with van der Waals surface area (Å²) in [5.74, 6) is 0.950. The fourth-order valence-corrected chi connectivity index (χ4v) is 5.48. The highest BCUT2D eigenvalue weighted by Crippen LogP contribution is 2.42. The van der Waals surface area contributed by atoms with Gasteiger partial charge in [0.15, 0.2) is 5.11 Å². The quantitative estimate of drug-likeness (QED) is 0.563. The van der Waals surface area contributed by atoms with Gasteiger partial charge in [-0.3, -0.25) is 14.7 Å². The van der Waals surface area contributed by atoms with Crippen LogP contribution in [0.4, 0.5) is 5.69 Å². The van der Waals surface area contributed by atoms with Gasteiger partial charge in [-0.05, 0) is 61.2 Å². The molecule has 158 valence electrons. The van der Waals surface area contributed by atoms with E-state index in [4.69, 9.17) is 28.6 Å². The zero-order valence-electron chi connectivity index (χ0n) is 17.0. The summed E-state index contributed by atoms with van der Waals surface area (Å²) in [4.78, 5) is 19.5. The molecular weight excluding hydrogens is 430 g/mol. The molecule has 5 nitrogen and oxygen atoms in total. The number of benzene rings is 2. The zero-order valence-corrected chi connectivity index (χ0v) is 18.6. The van der Waals surface area contributed by atoms with Gasteiger partial charge >= 0.3 is 0 Å². The minimum Gasteiger partial charge on any atom is -0.497 e. The van der Waals surface area contributed by atoms with E-state index < -0.39 is 0 Å². The van der Waals surface area contributed by atoms with E-state index in [0.717, 1.165) is 52.1 Å². The summed E-state index contributed by atoms with van der Waals surface area (Å²) < 4.78 is 5.38. The van der Waals surface area contributed by atoms with Gasteiger partial charge in [0.1, 0.15) is 5.75 Å². The maximum atomic E-state index is 13.5. The summed E-state index contributed by atoms with van der Waals surface area (Å²) >= 11 is 12.2. The molecule has 31 heavy (non-hydrogen) atoms. The number of carbonyl (C=O) groups excluding carboxylic acids is 1. The summed E-state index contributed by atoms with van der Waals surface area (Å²) in [5, 5.41) is 6.55. The largest absolute Gasteiger partial charge is 0.497 e. The Morgan fingerprint density at radius 2 is 2.03 bits per heavy atom. The van der Waals surface area contributed by atoms with E-state index >= 15 is 0 Å². The molecule has 1 saturated carbocycles. The zero-order chi connectivity index (χ0) is 21.5. The molecule has 1 aliphatic carbocycles. The first-order chi connectivity index (χ1) is 15.1. The summed E-state index contributed by atoms with van der Waals surface area (Å²) in [5.41, 5.74) is 1.80. The number of pyridine rings is 1. The summed E-state index contributed by atoms with van der Waals surface area (Å²) in [7, 11) is 1.65. The molecule has 1 saturated heterocycles. The number of hydrogen-bond donors (Lipinski definition) is 1. The molecule has 7 heteroatoms. The van der Waals surface area contributed by atoms with Crippen LogP contribution in [0.3, 0.4) is 0 Å². The first-order valence-electron chi connectivity index (χ1n) is 10.4. The lowest BCUT2D eigenvalue weighted by Gasteiger charge is -2.44. The van der Waals surface area contributed by atoms with E-state index in [1.54, 1.807) is 24.4 Å². The van der Waals surface area contributed by atoms with Gasteiger partial charge in [-0.15, -0.1) is 0 Å². The number of fused-ring (bicyclic) bond motifs is 2. The summed E-state index contributed by atoms with van der Waals surface area (Å²) in [6.45, 7) is 0. The Balaban J connectivity index is 1.43. The fourth-order valence-electron chi connectivity index (χ4n) is 4.87. The van der Waals surface area contributed by atoms with Gasteiger partial charge in [0.05, 0.1) is 24.9 Å². The van der Waals surface area contributed by atoms with E-state index in [1.807, 2.05) is 42.5 Å². The molecule has 5 rings (SSSR count). The second-order valence-electron chi connectivity index (χ2n) is 8.11. The number of nitrogens with zero attached hydrogens (tertiary/aromatic N) is 2. The Morgan fingerprint density at radius 1 is 1.19 bits per heavy atom. The third-order valence-electron chi connectivity index (χ3n) is 6.43. The smallest absolute Gasteiger partial charge is 0.238 e. The van der Waals surface area contributed by atoms with Crippen molar-refractivity contribution in [3.05, 3.63) is 65.4 Å². The number of hydrogen-bond acceptors (Lipinski definition) is 4. The first kappa shape index (κ1) is 20.2. The van der Waals surface area contributed by atoms with Crippen molar-refractivity contribution in [2.75, 3.05) is 12.0 Å². The van der Waals surface area contributed by atoms with Crippen LogP contribution in [-0.2, 0) is 4.79 Å². The van der Waals surface area contributed by atoms with E-state index in [0.29, 0.717) is 5.11 Å². The summed E-state index contributed by atoms with van der Waals surface area (Å²) in [6, 6.07) is 13.6. The van der Waals surface area contributed by atoms with Gasteiger partial charge in [-0.2, -0.15) is 0 Å². The highest BCUT2D eigenvalue weighted by Gasteiger charge is 2.44. The van der Waals surface area contributed by atoms with Crippen LogP contribution < -0.4 is 15.0 Å². The number of nitrogens with one attached hydrogen (secondary N) is 1. The van der Waals surface area contributed by atoms with Gasteiger partial charge < -0.3 is 10.1 Å². The normalized spacial score (nSPS) is 23.4. The van der Waals surface area contributed by atoms with E-state index in [1.165, 1.54) is 0 Å². The molecule has 0 spiro atoms. The molecule has 1 amide bonds. The number of methoxy groups -OCH3 is 1. The van der Waals surface area contributed by atoms with Crippen molar-refractivity contribution in [3.63, 3.8) is 0 Å². The number of aromatic nitrogens is 1. The molecule has 0 radical (unpaired) electrons. The Morgan fingerprint density at radius 3 is 2.87 bits per heavy atom. The molecule has 3 atom stereocenters. The minimum absolute atomic E-state index is 0.0137. The number of rotatable bonds is 3. The van der Waals surface area contributed by atoms with Gasteiger partial charge in [0.2, 0.25) is 5.91 Å². The number of ether oxygens (including phenoxy) is 1. The monoisotopic (exact) mass is 451 g/mol. The van der Waals surface area contributed by atoms with E-state index in [2.05, 4.69) is 10.3 Å². The maximum Gasteiger partial charge on any atom is 0.238 e. The SMILES string of the molecule is COc1ccc(Cl)c(C2CCC3C(=O)N(c4cncc5ccccc45)C(=S)NC3C2)c1. The molecule has 2 aromatic carbocycles. The highest BCUT2D eigenvalue weighted by molar-refractivity contribution is 7.80. The second kappa shape index (κ2) is 8.09. The van der Waals surface area contributed by atoms with Gasteiger partial charge in [0, 0.05) is 28.0 Å². The molecule has 2 fully saturated rings. The van der Waals surface area contributed by atoms with Crippen molar-refractivity contribution in [2.45, 2.75) is 31.2 Å². The van der Waals surface area contributed by atoms with Crippen LogP contribution >= 0.6 is 23.8 Å². The molecule has 3 unspecified atom stereocenters. The lowest BCUT2D eigenvalue weighted by molar-refractivity contribution is -0.123. The average Bonchev–Trinajstić information content (AvgIpc) is 2.79. The molecule has 1 aliphatic heterocycles. The highest BCUT2D eigenvalue weighted by atomic mass is 35.5. The first-order valence-corrected chi connectivity index (χ1v) is 11.2. The van der Waals surface area contributed by atoms with Crippen LogP contribution in [0.15, 0.2) is 54.9 Å². The van der Waals surface area contributed by atoms with Crippen LogP contribution in [-0.4, -0.2) is 29.2 Å². The van der Waals surface area contributed by atoms with Crippen LogP contribution in [0.25, 0.3) is 10.8 Å². The Kier molecular flexibility index (Phi) is 5.28. The predicted molar refractivity (Wildman–Crippen MR) is 127 cm³/mol. The minimum atomic E-state index is -0.133. The van der Waals surface area contributed by atoms with E-state index in [-0.39, 0.29) is 23.8 Å². The number of carbonyl (C=O) groups is 1. The Bertz CT molecular complexity index is 1180. The lowest BCUT2D eigenvalue weighted by atomic mass is 9.74. The fraction of sp³-hybridized carbons (Fsp3) is 0.292.